The SMILES string of the molecule is CCc1ccc(C2CC(=O)C3=C(C2)Nc2ccccc2NC3c2cc(Br)c(OC)c(OC)c2)cc1. The van der Waals surface area contributed by atoms with Gasteiger partial charge >= 0.3 is 0 Å². The molecular weight excluding hydrogens is 504 g/mol. The van der Waals surface area contributed by atoms with Crippen molar-refractivity contribution in [2.24, 2.45) is 0 Å². The number of fused-ring (bicyclic) bond motifs is 1. The highest BCUT2D eigenvalue weighted by Gasteiger charge is 2.36. The molecule has 1 heterocycles. The normalized spacial score (nSPS) is 19.1. The van der Waals surface area contributed by atoms with E-state index in [4.69, 9.17) is 9.47 Å². The Labute approximate surface area is 214 Å². The van der Waals surface area contributed by atoms with E-state index in [-0.39, 0.29) is 17.7 Å². The van der Waals surface area contributed by atoms with Crippen molar-refractivity contribution in [2.45, 2.75) is 38.1 Å². The molecule has 0 spiro atoms. The molecule has 0 saturated carbocycles. The Morgan fingerprint density at radius 2 is 1.69 bits per heavy atom. The molecule has 3 aromatic rings. The van der Waals surface area contributed by atoms with Crippen LogP contribution in [0, 0.1) is 0 Å². The lowest BCUT2D eigenvalue weighted by Gasteiger charge is -2.30. The average Bonchev–Trinajstić information content (AvgIpc) is 3.05. The van der Waals surface area contributed by atoms with Crippen LogP contribution in [-0.2, 0) is 11.2 Å². The Balaban J connectivity index is 1.61. The maximum atomic E-state index is 13.8. The number of benzene rings is 3. The Morgan fingerprint density at radius 1 is 0.943 bits per heavy atom. The minimum absolute atomic E-state index is 0.141. The first-order chi connectivity index (χ1) is 17.0. The number of ether oxygens (including phenoxy) is 2. The summed E-state index contributed by atoms with van der Waals surface area (Å²) in [4.78, 5) is 13.8. The van der Waals surface area contributed by atoms with Crippen molar-refractivity contribution >= 4 is 33.1 Å². The molecule has 35 heavy (non-hydrogen) atoms. The van der Waals surface area contributed by atoms with Gasteiger partial charge in [-0.3, -0.25) is 4.79 Å². The standard InChI is InChI=1S/C29H29BrN2O3/c1-4-17-9-11-18(12-10-17)19-14-24-27(25(33)15-19)28(32-23-8-6-5-7-22(23)31-24)20-13-21(30)29(35-3)26(16-20)34-2/h5-13,16,19,28,31-32H,4,14-15H2,1-3H3. The average molecular weight is 533 g/mol. The summed E-state index contributed by atoms with van der Waals surface area (Å²) in [5.74, 6) is 1.54. The third-order valence-corrected chi connectivity index (χ3v) is 7.55. The molecule has 2 N–H and O–H groups in total. The predicted octanol–water partition coefficient (Wildman–Crippen LogP) is 7.01. The zero-order chi connectivity index (χ0) is 24.5. The maximum absolute atomic E-state index is 13.8. The molecule has 5 rings (SSSR count). The van der Waals surface area contributed by atoms with Crippen LogP contribution >= 0.6 is 15.9 Å². The highest BCUT2D eigenvalue weighted by atomic mass is 79.9. The van der Waals surface area contributed by atoms with Gasteiger partial charge in [-0.2, -0.15) is 0 Å². The number of aryl methyl sites for hydroxylation is 1. The van der Waals surface area contributed by atoms with Gasteiger partial charge in [-0.1, -0.05) is 43.3 Å². The van der Waals surface area contributed by atoms with Gasteiger partial charge < -0.3 is 20.1 Å². The van der Waals surface area contributed by atoms with Gasteiger partial charge in [0.25, 0.3) is 0 Å². The van der Waals surface area contributed by atoms with Crippen molar-refractivity contribution in [1.82, 2.24) is 0 Å². The molecule has 0 aromatic heterocycles. The summed E-state index contributed by atoms with van der Waals surface area (Å²) < 4.78 is 11.9. The lowest BCUT2D eigenvalue weighted by atomic mass is 9.78. The number of carbonyl (C=O) groups is 1. The number of para-hydroxylation sites is 2. The number of ketones is 1. The van der Waals surface area contributed by atoms with Gasteiger partial charge in [-0.15, -0.1) is 0 Å². The highest BCUT2D eigenvalue weighted by molar-refractivity contribution is 9.10. The molecule has 1 aliphatic carbocycles. The van der Waals surface area contributed by atoms with Crippen molar-refractivity contribution < 1.29 is 14.3 Å². The largest absolute Gasteiger partial charge is 0.493 e. The van der Waals surface area contributed by atoms with Crippen LogP contribution < -0.4 is 20.1 Å². The van der Waals surface area contributed by atoms with E-state index in [1.54, 1.807) is 14.2 Å². The molecule has 0 saturated heterocycles. The number of rotatable bonds is 5. The smallest absolute Gasteiger partial charge is 0.174 e. The van der Waals surface area contributed by atoms with Crippen LogP contribution in [0.2, 0.25) is 0 Å². The van der Waals surface area contributed by atoms with Crippen molar-refractivity contribution in [3.05, 3.63) is 93.1 Å². The molecule has 1 aliphatic heterocycles. The second-order valence-corrected chi connectivity index (χ2v) is 9.86. The minimum Gasteiger partial charge on any atom is -0.493 e. The maximum Gasteiger partial charge on any atom is 0.174 e. The number of methoxy groups -OCH3 is 2. The number of anilines is 2. The van der Waals surface area contributed by atoms with E-state index < -0.39 is 0 Å². The van der Waals surface area contributed by atoms with Gasteiger partial charge in [0.05, 0.1) is 36.1 Å². The molecule has 2 unspecified atom stereocenters. The monoisotopic (exact) mass is 532 g/mol. The number of Topliss-reactive ketones (excluding diaryl/α,β-unsaturated/α-hetero) is 1. The predicted molar refractivity (Wildman–Crippen MR) is 144 cm³/mol. The Hall–Kier alpha value is -3.25. The van der Waals surface area contributed by atoms with Crippen LogP contribution in [0.4, 0.5) is 11.4 Å². The fourth-order valence-electron chi connectivity index (χ4n) is 5.11. The van der Waals surface area contributed by atoms with Crippen LogP contribution in [-0.4, -0.2) is 20.0 Å². The van der Waals surface area contributed by atoms with E-state index in [0.717, 1.165) is 45.5 Å². The number of hydrogen-bond donors (Lipinski definition) is 2. The summed E-state index contributed by atoms with van der Waals surface area (Å²) in [6.07, 6.45) is 2.26. The van der Waals surface area contributed by atoms with E-state index in [2.05, 4.69) is 57.8 Å². The van der Waals surface area contributed by atoms with Crippen molar-refractivity contribution in [2.75, 3.05) is 24.9 Å². The molecule has 2 aliphatic rings. The Kier molecular flexibility index (Phi) is 6.56. The van der Waals surface area contributed by atoms with Gasteiger partial charge in [0.2, 0.25) is 0 Å². The summed E-state index contributed by atoms with van der Waals surface area (Å²) in [5.41, 5.74) is 7.12. The van der Waals surface area contributed by atoms with Crippen LogP contribution in [0.5, 0.6) is 11.5 Å². The molecule has 0 fully saturated rings. The summed E-state index contributed by atoms with van der Waals surface area (Å²) >= 11 is 3.62. The molecule has 5 nitrogen and oxygen atoms in total. The van der Waals surface area contributed by atoms with Crippen molar-refractivity contribution in [3.8, 4) is 11.5 Å². The quantitative estimate of drug-likeness (QED) is 0.370. The molecule has 180 valence electrons. The first-order valence-corrected chi connectivity index (χ1v) is 12.7. The van der Waals surface area contributed by atoms with E-state index >= 15 is 0 Å². The number of hydrogen-bond acceptors (Lipinski definition) is 5. The van der Waals surface area contributed by atoms with Crippen molar-refractivity contribution in [1.29, 1.82) is 0 Å². The van der Waals surface area contributed by atoms with Gasteiger partial charge in [-0.05, 0) is 75.6 Å². The zero-order valence-electron chi connectivity index (χ0n) is 20.2. The third kappa shape index (κ3) is 4.43. The van der Waals surface area contributed by atoms with Gasteiger partial charge in [0.1, 0.15) is 0 Å². The fraction of sp³-hybridized carbons (Fsp3) is 0.276. The molecule has 0 radical (unpaired) electrons. The van der Waals surface area contributed by atoms with Crippen LogP contribution in [0.25, 0.3) is 0 Å². The molecular formula is C29H29BrN2O3. The molecule has 6 heteroatoms. The zero-order valence-corrected chi connectivity index (χ0v) is 21.7. The van der Waals surface area contributed by atoms with E-state index in [9.17, 15) is 4.79 Å². The first kappa shape index (κ1) is 23.5. The van der Waals surface area contributed by atoms with E-state index in [1.165, 1.54) is 11.1 Å². The topological polar surface area (TPSA) is 59.6 Å². The number of carbonyl (C=O) groups excluding carboxylic acids is 1. The Morgan fingerprint density at radius 3 is 2.37 bits per heavy atom. The molecule has 2 atom stereocenters. The summed E-state index contributed by atoms with van der Waals surface area (Å²) in [6, 6.07) is 20.4. The van der Waals surface area contributed by atoms with E-state index in [1.807, 2.05) is 36.4 Å². The molecule has 3 aromatic carbocycles. The van der Waals surface area contributed by atoms with Gasteiger partial charge in [0, 0.05) is 17.7 Å². The lowest BCUT2D eigenvalue weighted by Crippen LogP contribution is -2.27. The first-order valence-electron chi connectivity index (χ1n) is 11.9. The van der Waals surface area contributed by atoms with Crippen LogP contribution in [0.15, 0.2) is 76.4 Å². The van der Waals surface area contributed by atoms with Gasteiger partial charge in [-0.25, -0.2) is 0 Å². The Bertz CT molecular complexity index is 1300. The lowest BCUT2D eigenvalue weighted by molar-refractivity contribution is -0.116. The third-order valence-electron chi connectivity index (χ3n) is 6.96. The summed E-state index contributed by atoms with van der Waals surface area (Å²) in [6.45, 7) is 2.16. The number of allylic oxidation sites excluding steroid dienone is 1. The fourth-order valence-corrected chi connectivity index (χ4v) is 5.73. The number of halogens is 1. The number of nitrogens with one attached hydrogen (secondary N) is 2. The van der Waals surface area contributed by atoms with E-state index in [0.29, 0.717) is 17.9 Å². The second-order valence-electron chi connectivity index (χ2n) is 9.00. The van der Waals surface area contributed by atoms with Gasteiger partial charge in [0.15, 0.2) is 17.3 Å². The summed E-state index contributed by atoms with van der Waals surface area (Å²) in [7, 11) is 3.24. The summed E-state index contributed by atoms with van der Waals surface area (Å²) in [5, 5.41) is 7.24. The second kappa shape index (κ2) is 9.78. The van der Waals surface area contributed by atoms with Crippen LogP contribution in [0.3, 0.4) is 0 Å². The van der Waals surface area contributed by atoms with Crippen molar-refractivity contribution in [3.63, 3.8) is 0 Å². The molecule has 0 amide bonds. The minimum atomic E-state index is -0.326. The van der Waals surface area contributed by atoms with Crippen LogP contribution in [0.1, 0.15) is 48.4 Å². The molecule has 0 bridgehead atoms. The highest BCUT2D eigenvalue weighted by Crippen LogP contribution is 2.46.